The van der Waals surface area contributed by atoms with Crippen molar-refractivity contribution < 1.29 is 18.7 Å². The molecule has 3 rings (SSSR count). The molecule has 1 saturated carbocycles. The molecule has 0 radical (unpaired) electrons. The van der Waals surface area contributed by atoms with Crippen molar-refractivity contribution in [3.8, 4) is 11.5 Å². The average molecular weight is 356 g/mol. The predicted molar refractivity (Wildman–Crippen MR) is 96.5 cm³/mol. The van der Waals surface area contributed by atoms with Gasteiger partial charge in [0.15, 0.2) is 12.3 Å². The summed E-state index contributed by atoms with van der Waals surface area (Å²) in [5.74, 6) is 0.252. The molecule has 6 nitrogen and oxygen atoms in total. The lowest BCUT2D eigenvalue weighted by molar-refractivity contribution is -0.125. The van der Waals surface area contributed by atoms with Crippen LogP contribution in [0.3, 0.4) is 0 Å². The number of esters is 1. The molecule has 26 heavy (non-hydrogen) atoms. The van der Waals surface area contributed by atoms with Crippen LogP contribution in [-0.2, 0) is 9.53 Å². The first kappa shape index (κ1) is 18.2. The number of aryl methyl sites for hydroxylation is 1. The smallest absolute Gasteiger partial charge is 0.361 e. The lowest BCUT2D eigenvalue weighted by Crippen LogP contribution is -2.42. The van der Waals surface area contributed by atoms with E-state index in [1.807, 2.05) is 30.3 Å². The molecule has 0 aliphatic heterocycles. The van der Waals surface area contributed by atoms with Gasteiger partial charge in [-0.1, -0.05) is 38.0 Å². The molecule has 0 saturated heterocycles. The third-order valence-electron chi connectivity index (χ3n) is 4.80. The molecule has 1 N–H and O–H groups in total. The predicted octanol–water partition coefficient (Wildman–Crippen LogP) is 3.50. The summed E-state index contributed by atoms with van der Waals surface area (Å²) >= 11 is 0. The fourth-order valence-electron chi connectivity index (χ4n) is 3.27. The zero-order chi connectivity index (χ0) is 18.5. The van der Waals surface area contributed by atoms with Crippen LogP contribution >= 0.6 is 0 Å². The summed E-state index contributed by atoms with van der Waals surface area (Å²) in [4.78, 5) is 28.5. The molecule has 2 aromatic rings. The van der Waals surface area contributed by atoms with Gasteiger partial charge >= 0.3 is 5.97 Å². The van der Waals surface area contributed by atoms with Crippen molar-refractivity contribution >= 4 is 11.9 Å². The third-order valence-corrected chi connectivity index (χ3v) is 4.80. The summed E-state index contributed by atoms with van der Waals surface area (Å²) in [6, 6.07) is 9.47. The Morgan fingerprint density at radius 2 is 1.96 bits per heavy atom. The summed E-state index contributed by atoms with van der Waals surface area (Å²) in [6.45, 7) is 3.48. The van der Waals surface area contributed by atoms with E-state index in [9.17, 15) is 9.59 Å². The minimum absolute atomic E-state index is 0.0997. The van der Waals surface area contributed by atoms with E-state index in [-0.39, 0.29) is 24.2 Å². The molecular formula is C20H24N2O4. The summed E-state index contributed by atoms with van der Waals surface area (Å²) < 4.78 is 10.7. The summed E-state index contributed by atoms with van der Waals surface area (Å²) in [5.41, 5.74) is 0.876. The van der Waals surface area contributed by atoms with E-state index in [4.69, 9.17) is 9.15 Å². The molecule has 0 spiro atoms. The van der Waals surface area contributed by atoms with E-state index >= 15 is 0 Å². The second-order valence-corrected chi connectivity index (χ2v) is 6.80. The minimum Gasteiger partial charge on any atom is -0.451 e. The van der Waals surface area contributed by atoms with Gasteiger partial charge in [-0.05, 0) is 37.8 Å². The highest BCUT2D eigenvalue weighted by Crippen LogP contribution is 2.24. The molecule has 1 aliphatic carbocycles. The Bertz CT molecular complexity index is 769. The first-order valence-corrected chi connectivity index (χ1v) is 9.04. The highest BCUT2D eigenvalue weighted by Gasteiger charge is 2.24. The van der Waals surface area contributed by atoms with Crippen LogP contribution in [0.4, 0.5) is 0 Å². The highest BCUT2D eigenvalue weighted by atomic mass is 16.5. The van der Waals surface area contributed by atoms with Crippen molar-refractivity contribution in [1.82, 2.24) is 10.3 Å². The third kappa shape index (κ3) is 4.31. The van der Waals surface area contributed by atoms with Gasteiger partial charge in [0.25, 0.3) is 5.91 Å². The van der Waals surface area contributed by atoms with Gasteiger partial charge < -0.3 is 14.5 Å². The standard InChI is InChI=1S/C20H24N2O4/c1-13-8-6-7-11-16(13)21-17(23)12-25-20(24)18-14(2)26-19(22-18)15-9-4-3-5-10-15/h3-5,9-10,13,16H,6-8,11-12H2,1-2H3,(H,21,23)/t13-,16+/m0/s1. The van der Waals surface area contributed by atoms with Crippen molar-refractivity contribution in [2.24, 2.45) is 5.92 Å². The number of rotatable bonds is 5. The number of nitrogens with zero attached hydrogens (tertiary/aromatic N) is 1. The number of ether oxygens (including phenoxy) is 1. The monoisotopic (exact) mass is 356 g/mol. The minimum atomic E-state index is -0.653. The molecule has 1 amide bonds. The van der Waals surface area contributed by atoms with Crippen molar-refractivity contribution in [2.75, 3.05) is 6.61 Å². The summed E-state index contributed by atoms with van der Waals surface area (Å²) in [6.07, 6.45) is 4.42. The molecule has 1 aromatic carbocycles. The van der Waals surface area contributed by atoms with E-state index < -0.39 is 5.97 Å². The Balaban J connectivity index is 1.56. The molecule has 1 heterocycles. The van der Waals surface area contributed by atoms with Crippen LogP contribution in [0.2, 0.25) is 0 Å². The van der Waals surface area contributed by atoms with Gasteiger partial charge in [-0.2, -0.15) is 0 Å². The lowest BCUT2D eigenvalue weighted by atomic mass is 9.86. The molecule has 0 unspecified atom stereocenters. The topological polar surface area (TPSA) is 81.4 Å². The van der Waals surface area contributed by atoms with Gasteiger partial charge in [0.1, 0.15) is 5.76 Å². The Hall–Kier alpha value is -2.63. The van der Waals surface area contributed by atoms with Crippen LogP contribution < -0.4 is 5.32 Å². The van der Waals surface area contributed by atoms with Crippen LogP contribution in [0.25, 0.3) is 11.5 Å². The molecular weight excluding hydrogens is 332 g/mol. The fourth-order valence-corrected chi connectivity index (χ4v) is 3.27. The highest BCUT2D eigenvalue weighted by molar-refractivity contribution is 5.91. The van der Waals surface area contributed by atoms with Gasteiger partial charge in [-0.15, -0.1) is 0 Å². The van der Waals surface area contributed by atoms with Gasteiger partial charge in [0, 0.05) is 11.6 Å². The summed E-state index contributed by atoms with van der Waals surface area (Å²) in [5, 5.41) is 2.96. The largest absolute Gasteiger partial charge is 0.451 e. The number of amides is 1. The second kappa shape index (κ2) is 8.17. The quantitative estimate of drug-likeness (QED) is 0.829. The first-order chi connectivity index (χ1) is 12.5. The van der Waals surface area contributed by atoms with Crippen molar-refractivity contribution in [3.05, 3.63) is 41.8 Å². The van der Waals surface area contributed by atoms with Gasteiger partial charge in [0.05, 0.1) is 0 Å². The lowest BCUT2D eigenvalue weighted by Gasteiger charge is -2.29. The number of oxazole rings is 1. The number of hydrogen-bond donors (Lipinski definition) is 1. The number of aromatic nitrogens is 1. The molecule has 0 bridgehead atoms. The number of carbonyl (C=O) groups is 2. The van der Waals surface area contributed by atoms with E-state index in [1.54, 1.807) is 6.92 Å². The number of hydrogen-bond acceptors (Lipinski definition) is 5. The van der Waals surface area contributed by atoms with E-state index in [1.165, 1.54) is 6.42 Å². The maximum absolute atomic E-state index is 12.2. The van der Waals surface area contributed by atoms with E-state index in [0.29, 0.717) is 17.6 Å². The Morgan fingerprint density at radius 1 is 1.23 bits per heavy atom. The molecule has 1 fully saturated rings. The second-order valence-electron chi connectivity index (χ2n) is 6.80. The van der Waals surface area contributed by atoms with Crippen LogP contribution in [0.1, 0.15) is 48.9 Å². The maximum Gasteiger partial charge on any atom is 0.361 e. The zero-order valence-corrected chi connectivity index (χ0v) is 15.2. The van der Waals surface area contributed by atoms with Crippen molar-refractivity contribution in [1.29, 1.82) is 0 Å². The van der Waals surface area contributed by atoms with Crippen LogP contribution in [0, 0.1) is 12.8 Å². The van der Waals surface area contributed by atoms with Gasteiger partial charge in [0.2, 0.25) is 5.89 Å². The van der Waals surface area contributed by atoms with Crippen LogP contribution in [-0.4, -0.2) is 29.5 Å². The zero-order valence-electron chi connectivity index (χ0n) is 15.2. The Kier molecular flexibility index (Phi) is 5.71. The average Bonchev–Trinajstić information content (AvgIpc) is 3.04. The number of carbonyl (C=O) groups excluding carboxylic acids is 2. The molecule has 6 heteroatoms. The maximum atomic E-state index is 12.2. The van der Waals surface area contributed by atoms with Crippen molar-refractivity contribution in [3.63, 3.8) is 0 Å². The fraction of sp³-hybridized carbons (Fsp3) is 0.450. The van der Waals surface area contributed by atoms with Crippen LogP contribution in [0.5, 0.6) is 0 Å². The van der Waals surface area contributed by atoms with Crippen LogP contribution in [0.15, 0.2) is 34.7 Å². The molecule has 2 atom stereocenters. The van der Waals surface area contributed by atoms with E-state index in [0.717, 1.165) is 24.8 Å². The molecule has 1 aromatic heterocycles. The normalized spacial score (nSPS) is 19.8. The number of benzene rings is 1. The van der Waals surface area contributed by atoms with E-state index in [2.05, 4.69) is 17.2 Å². The summed E-state index contributed by atoms with van der Waals surface area (Å²) in [7, 11) is 0. The Morgan fingerprint density at radius 3 is 2.69 bits per heavy atom. The molecule has 1 aliphatic rings. The van der Waals surface area contributed by atoms with Crippen molar-refractivity contribution in [2.45, 2.75) is 45.6 Å². The molecule has 138 valence electrons. The number of nitrogens with one attached hydrogen (secondary N) is 1. The SMILES string of the molecule is Cc1oc(-c2ccccc2)nc1C(=O)OCC(=O)N[C@@H]1CCCC[C@@H]1C. The van der Waals surface area contributed by atoms with Gasteiger partial charge in [-0.3, -0.25) is 4.79 Å². The Labute approximate surface area is 152 Å². The van der Waals surface area contributed by atoms with Gasteiger partial charge in [-0.25, -0.2) is 9.78 Å². The first-order valence-electron chi connectivity index (χ1n) is 9.04.